The van der Waals surface area contributed by atoms with Crippen LogP contribution < -0.4 is 5.32 Å². The van der Waals surface area contributed by atoms with Crippen LogP contribution in [0.3, 0.4) is 0 Å². The van der Waals surface area contributed by atoms with Gasteiger partial charge in [0, 0.05) is 31.6 Å². The highest BCUT2D eigenvalue weighted by atomic mass is 16.5. The lowest BCUT2D eigenvalue weighted by Gasteiger charge is -2.06. The van der Waals surface area contributed by atoms with Crippen LogP contribution in [0.2, 0.25) is 0 Å². The Morgan fingerprint density at radius 1 is 0.963 bits per heavy atom. The minimum atomic E-state index is 0.0195. The minimum Gasteiger partial charge on any atom is -0.461 e. The van der Waals surface area contributed by atoms with E-state index in [0.717, 1.165) is 28.2 Å². The smallest absolute Gasteiger partial charge is 0.220 e. The number of hydrogen-bond donors (Lipinski definition) is 1. The molecule has 4 nitrogen and oxygen atoms in total. The Bertz CT molecular complexity index is 838. The summed E-state index contributed by atoms with van der Waals surface area (Å²) in [5.74, 6) is 1.67. The van der Waals surface area contributed by atoms with Crippen LogP contribution in [-0.2, 0) is 29.1 Å². The van der Waals surface area contributed by atoms with Gasteiger partial charge in [0.05, 0.1) is 6.61 Å². The van der Waals surface area contributed by atoms with Crippen LogP contribution in [0.25, 0.3) is 11.3 Å². The predicted octanol–water partition coefficient (Wildman–Crippen LogP) is 4.73. The fraction of sp³-hybridized carbons (Fsp3) is 0.261. The first-order valence-electron chi connectivity index (χ1n) is 9.31. The van der Waals surface area contributed by atoms with Crippen molar-refractivity contribution in [1.29, 1.82) is 0 Å². The highest BCUT2D eigenvalue weighted by molar-refractivity contribution is 5.76. The van der Waals surface area contributed by atoms with Crippen molar-refractivity contribution < 1.29 is 13.9 Å². The molecule has 3 aromatic rings. The van der Waals surface area contributed by atoms with Crippen LogP contribution in [-0.4, -0.2) is 12.5 Å². The van der Waals surface area contributed by atoms with Gasteiger partial charge in [-0.25, -0.2) is 0 Å². The van der Waals surface area contributed by atoms with E-state index >= 15 is 0 Å². The van der Waals surface area contributed by atoms with E-state index in [-0.39, 0.29) is 5.91 Å². The molecule has 1 aromatic heterocycles. The Morgan fingerprint density at radius 2 is 1.70 bits per heavy atom. The lowest BCUT2D eigenvalue weighted by atomic mass is 10.1. The zero-order chi connectivity index (χ0) is 18.9. The summed E-state index contributed by atoms with van der Waals surface area (Å²) in [5, 5.41) is 2.96. The van der Waals surface area contributed by atoms with Crippen molar-refractivity contribution in [2.45, 2.75) is 32.9 Å². The van der Waals surface area contributed by atoms with Gasteiger partial charge in [-0.15, -0.1) is 0 Å². The van der Waals surface area contributed by atoms with Gasteiger partial charge in [0.2, 0.25) is 5.91 Å². The zero-order valence-corrected chi connectivity index (χ0v) is 15.6. The number of carbonyl (C=O) groups is 1. The van der Waals surface area contributed by atoms with Gasteiger partial charge in [-0.1, -0.05) is 54.6 Å². The molecule has 2 aromatic carbocycles. The Balaban J connectivity index is 1.43. The lowest BCUT2D eigenvalue weighted by molar-refractivity contribution is -0.121. The lowest BCUT2D eigenvalue weighted by Crippen LogP contribution is -2.22. The molecule has 0 aliphatic rings. The van der Waals surface area contributed by atoms with Crippen molar-refractivity contribution in [2.24, 2.45) is 0 Å². The van der Waals surface area contributed by atoms with E-state index in [1.807, 2.05) is 73.7 Å². The Morgan fingerprint density at radius 3 is 2.44 bits per heavy atom. The number of furan rings is 1. The van der Waals surface area contributed by atoms with Crippen LogP contribution in [0.4, 0.5) is 0 Å². The Hall–Kier alpha value is -2.85. The van der Waals surface area contributed by atoms with Crippen molar-refractivity contribution in [3.8, 4) is 11.3 Å². The average Bonchev–Trinajstić information content (AvgIpc) is 3.20. The average molecular weight is 363 g/mol. The normalized spacial score (nSPS) is 10.7. The van der Waals surface area contributed by atoms with Gasteiger partial charge in [0.15, 0.2) is 0 Å². The van der Waals surface area contributed by atoms with Gasteiger partial charge in [-0.2, -0.15) is 0 Å². The van der Waals surface area contributed by atoms with Crippen LogP contribution >= 0.6 is 0 Å². The first-order chi connectivity index (χ1) is 13.2. The predicted molar refractivity (Wildman–Crippen MR) is 106 cm³/mol. The number of benzene rings is 2. The number of amides is 1. The molecular weight excluding hydrogens is 338 g/mol. The molecule has 0 unspecified atom stereocenters. The van der Waals surface area contributed by atoms with E-state index in [1.165, 1.54) is 0 Å². The van der Waals surface area contributed by atoms with Crippen molar-refractivity contribution in [1.82, 2.24) is 5.32 Å². The largest absolute Gasteiger partial charge is 0.461 e. The number of aryl methyl sites for hydroxylation is 1. The highest BCUT2D eigenvalue weighted by Gasteiger charge is 2.07. The molecule has 140 valence electrons. The molecule has 1 heterocycles. The molecule has 0 fully saturated rings. The molecule has 0 saturated carbocycles. The maximum absolute atomic E-state index is 12.1. The second kappa shape index (κ2) is 9.74. The zero-order valence-electron chi connectivity index (χ0n) is 15.6. The molecule has 3 rings (SSSR count). The van der Waals surface area contributed by atoms with Crippen molar-refractivity contribution >= 4 is 5.91 Å². The third-order valence-electron chi connectivity index (χ3n) is 4.30. The van der Waals surface area contributed by atoms with Crippen molar-refractivity contribution in [3.05, 3.63) is 83.6 Å². The quantitative estimate of drug-likeness (QED) is 0.598. The molecule has 0 radical (unpaired) electrons. The molecule has 0 aliphatic carbocycles. The number of ether oxygens (including phenoxy) is 1. The standard InChI is InChI=1S/C23H25NO3/c1-2-26-17-19-10-8-18(9-11-19)16-24-23(25)15-13-21-12-14-22(27-21)20-6-4-3-5-7-20/h3-12,14H,2,13,15-17H2,1H3,(H,24,25). The van der Waals surface area contributed by atoms with Crippen LogP contribution in [0.15, 0.2) is 71.1 Å². The van der Waals surface area contributed by atoms with Gasteiger partial charge >= 0.3 is 0 Å². The first kappa shape index (κ1) is 18.9. The third kappa shape index (κ3) is 5.83. The summed E-state index contributed by atoms with van der Waals surface area (Å²) in [6.45, 7) is 3.84. The molecule has 4 heteroatoms. The molecule has 27 heavy (non-hydrogen) atoms. The van der Waals surface area contributed by atoms with Crippen molar-refractivity contribution in [2.75, 3.05) is 6.61 Å². The highest BCUT2D eigenvalue weighted by Crippen LogP contribution is 2.22. The Kier molecular flexibility index (Phi) is 6.83. The van der Waals surface area contributed by atoms with E-state index in [2.05, 4.69) is 5.32 Å². The summed E-state index contributed by atoms with van der Waals surface area (Å²) < 4.78 is 11.2. The number of rotatable bonds is 9. The number of nitrogens with one attached hydrogen (secondary N) is 1. The monoisotopic (exact) mass is 363 g/mol. The summed E-state index contributed by atoms with van der Waals surface area (Å²) in [6.07, 6.45) is 0.996. The summed E-state index contributed by atoms with van der Waals surface area (Å²) in [5.41, 5.74) is 3.26. The molecule has 0 bridgehead atoms. The maximum atomic E-state index is 12.1. The molecular formula is C23H25NO3. The van der Waals surface area contributed by atoms with Crippen LogP contribution in [0.5, 0.6) is 0 Å². The van der Waals surface area contributed by atoms with E-state index in [4.69, 9.17) is 9.15 Å². The topological polar surface area (TPSA) is 51.5 Å². The van der Waals surface area contributed by atoms with Crippen molar-refractivity contribution in [3.63, 3.8) is 0 Å². The fourth-order valence-electron chi connectivity index (χ4n) is 2.77. The van der Waals surface area contributed by atoms with Gasteiger partial charge in [0.25, 0.3) is 0 Å². The molecule has 0 aliphatic heterocycles. The second-order valence-corrected chi connectivity index (χ2v) is 6.36. The molecule has 1 N–H and O–H groups in total. The van der Waals surface area contributed by atoms with Gasteiger partial charge in [-0.05, 0) is 30.2 Å². The first-order valence-corrected chi connectivity index (χ1v) is 9.31. The molecule has 0 atom stereocenters. The molecule has 0 saturated heterocycles. The summed E-state index contributed by atoms with van der Waals surface area (Å²) >= 11 is 0. The van der Waals surface area contributed by atoms with E-state index < -0.39 is 0 Å². The Labute approximate surface area is 160 Å². The number of hydrogen-bond acceptors (Lipinski definition) is 3. The van der Waals surface area contributed by atoms with E-state index in [0.29, 0.717) is 32.6 Å². The van der Waals surface area contributed by atoms with Crippen LogP contribution in [0, 0.1) is 0 Å². The molecule has 0 spiro atoms. The fourth-order valence-corrected chi connectivity index (χ4v) is 2.77. The van der Waals surface area contributed by atoms with Gasteiger partial charge in [-0.3, -0.25) is 4.79 Å². The number of carbonyl (C=O) groups excluding carboxylic acids is 1. The summed E-state index contributed by atoms with van der Waals surface area (Å²) in [6, 6.07) is 22.0. The van der Waals surface area contributed by atoms with Gasteiger partial charge < -0.3 is 14.5 Å². The van der Waals surface area contributed by atoms with E-state index in [9.17, 15) is 4.79 Å². The summed E-state index contributed by atoms with van der Waals surface area (Å²) in [4.78, 5) is 12.1. The minimum absolute atomic E-state index is 0.0195. The third-order valence-corrected chi connectivity index (χ3v) is 4.30. The van der Waals surface area contributed by atoms with E-state index in [1.54, 1.807) is 0 Å². The van der Waals surface area contributed by atoms with Crippen LogP contribution in [0.1, 0.15) is 30.2 Å². The molecule has 1 amide bonds. The summed E-state index contributed by atoms with van der Waals surface area (Å²) in [7, 11) is 0. The van der Waals surface area contributed by atoms with Gasteiger partial charge in [0.1, 0.15) is 11.5 Å². The second-order valence-electron chi connectivity index (χ2n) is 6.36. The maximum Gasteiger partial charge on any atom is 0.220 e. The SMILES string of the molecule is CCOCc1ccc(CNC(=O)CCc2ccc(-c3ccccc3)o2)cc1.